The summed E-state index contributed by atoms with van der Waals surface area (Å²) >= 11 is 2.76. The van der Waals surface area contributed by atoms with Crippen LogP contribution >= 0.6 is 23.1 Å². The van der Waals surface area contributed by atoms with Crippen LogP contribution in [0.1, 0.15) is 18.1 Å². The van der Waals surface area contributed by atoms with E-state index in [9.17, 15) is 9.18 Å². The number of hydrogen-bond donors (Lipinski definition) is 2. The van der Waals surface area contributed by atoms with Crippen LogP contribution < -0.4 is 10.6 Å². The van der Waals surface area contributed by atoms with Crippen molar-refractivity contribution in [2.24, 2.45) is 0 Å². The zero-order chi connectivity index (χ0) is 19.2. The van der Waals surface area contributed by atoms with Gasteiger partial charge in [0.15, 0.2) is 4.34 Å². The minimum atomic E-state index is -0.315. The first-order valence-corrected chi connectivity index (χ1v) is 10.1. The van der Waals surface area contributed by atoms with Crippen molar-refractivity contribution in [2.75, 3.05) is 5.32 Å². The molecule has 3 aromatic rings. The van der Waals surface area contributed by atoms with Gasteiger partial charge in [-0.05, 0) is 49.2 Å². The fraction of sp³-hybridized carbons (Fsp3) is 0.211. The molecule has 0 aliphatic carbocycles. The molecule has 2 aromatic carbocycles. The molecule has 8 heteroatoms. The topological polar surface area (TPSA) is 66.9 Å². The summed E-state index contributed by atoms with van der Waals surface area (Å²) in [7, 11) is 0. The van der Waals surface area contributed by atoms with Gasteiger partial charge in [-0.3, -0.25) is 4.79 Å². The lowest BCUT2D eigenvalue weighted by molar-refractivity contribution is -0.120. The van der Waals surface area contributed by atoms with Gasteiger partial charge in [-0.1, -0.05) is 47.4 Å². The van der Waals surface area contributed by atoms with Gasteiger partial charge in [0.2, 0.25) is 11.0 Å². The maximum atomic E-state index is 12.9. The number of halogens is 1. The Morgan fingerprint density at radius 3 is 2.74 bits per heavy atom. The Morgan fingerprint density at radius 2 is 2.00 bits per heavy atom. The second-order valence-corrected chi connectivity index (χ2v) is 8.54. The van der Waals surface area contributed by atoms with Gasteiger partial charge in [0.05, 0.1) is 5.25 Å². The smallest absolute Gasteiger partial charge is 0.233 e. The van der Waals surface area contributed by atoms with Crippen LogP contribution in [-0.4, -0.2) is 21.4 Å². The van der Waals surface area contributed by atoms with E-state index in [-0.39, 0.29) is 17.0 Å². The zero-order valence-electron chi connectivity index (χ0n) is 14.9. The standard InChI is InChI=1S/C19H19FN4OS2/c1-12-4-3-5-16(10-12)22-18-23-24-19(27-18)26-13(2)17(25)21-11-14-6-8-15(20)9-7-14/h3-10,13H,11H2,1-2H3,(H,21,25)(H,22,23)/t13-/m1/s1. The van der Waals surface area contributed by atoms with E-state index >= 15 is 0 Å². The molecule has 5 nitrogen and oxygen atoms in total. The van der Waals surface area contributed by atoms with Crippen molar-refractivity contribution in [3.8, 4) is 0 Å². The van der Waals surface area contributed by atoms with Gasteiger partial charge in [0, 0.05) is 12.2 Å². The van der Waals surface area contributed by atoms with E-state index < -0.39 is 0 Å². The Morgan fingerprint density at radius 1 is 1.22 bits per heavy atom. The second kappa shape index (κ2) is 8.96. The zero-order valence-corrected chi connectivity index (χ0v) is 16.5. The Kier molecular flexibility index (Phi) is 6.41. The molecule has 3 rings (SSSR count). The summed E-state index contributed by atoms with van der Waals surface area (Å²) in [4.78, 5) is 12.3. The fourth-order valence-electron chi connectivity index (χ4n) is 2.29. The number of aromatic nitrogens is 2. The van der Waals surface area contributed by atoms with Crippen molar-refractivity contribution in [2.45, 2.75) is 30.0 Å². The number of thioether (sulfide) groups is 1. The number of carbonyl (C=O) groups is 1. The van der Waals surface area contributed by atoms with Gasteiger partial charge in [-0.2, -0.15) is 0 Å². The minimum Gasteiger partial charge on any atom is -0.351 e. The molecule has 1 heterocycles. The third-order valence-electron chi connectivity index (χ3n) is 3.70. The van der Waals surface area contributed by atoms with Crippen molar-refractivity contribution in [1.82, 2.24) is 15.5 Å². The Hall–Kier alpha value is -2.45. The van der Waals surface area contributed by atoms with E-state index in [1.807, 2.05) is 38.1 Å². The number of nitrogens with one attached hydrogen (secondary N) is 2. The lowest BCUT2D eigenvalue weighted by Crippen LogP contribution is -2.30. The molecule has 0 aliphatic rings. The van der Waals surface area contributed by atoms with Crippen LogP contribution in [0.2, 0.25) is 0 Å². The molecule has 140 valence electrons. The molecule has 1 aromatic heterocycles. The Labute approximate surface area is 165 Å². The van der Waals surface area contributed by atoms with Crippen LogP contribution in [0.5, 0.6) is 0 Å². The third-order valence-corrected chi connectivity index (χ3v) is 5.73. The Balaban J connectivity index is 1.51. The quantitative estimate of drug-likeness (QED) is 0.569. The molecule has 27 heavy (non-hydrogen) atoms. The van der Waals surface area contributed by atoms with Crippen molar-refractivity contribution in [3.05, 3.63) is 65.5 Å². The highest BCUT2D eigenvalue weighted by Crippen LogP contribution is 2.30. The van der Waals surface area contributed by atoms with Crippen molar-refractivity contribution >= 4 is 39.8 Å². The van der Waals surface area contributed by atoms with Crippen LogP contribution in [0.25, 0.3) is 0 Å². The SMILES string of the molecule is Cc1cccc(Nc2nnc(S[C@H](C)C(=O)NCc3ccc(F)cc3)s2)c1. The fourth-order valence-corrected chi connectivity index (χ4v) is 4.23. The molecule has 0 saturated carbocycles. The van der Waals surface area contributed by atoms with Crippen LogP contribution in [0.15, 0.2) is 52.9 Å². The summed E-state index contributed by atoms with van der Waals surface area (Å²) in [6, 6.07) is 14.1. The molecular weight excluding hydrogens is 383 g/mol. The maximum Gasteiger partial charge on any atom is 0.233 e. The van der Waals surface area contributed by atoms with E-state index in [2.05, 4.69) is 20.8 Å². The third kappa shape index (κ3) is 5.77. The number of rotatable bonds is 7. The molecule has 0 bridgehead atoms. The number of hydrogen-bond acceptors (Lipinski definition) is 6. The summed E-state index contributed by atoms with van der Waals surface area (Å²) in [5.74, 6) is -0.395. The van der Waals surface area contributed by atoms with Crippen LogP contribution in [0.4, 0.5) is 15.2 Å². The number of amides is 1. The molecule has 2 N–H and O–H groups in total. The number of benzene rings is 2. The molecule has 0 unspecified atom stereocenters. The Bertz CT molecular complexity index is 914. The average molecular weight is 403 g/mol. The predicted octanol–water partition coefficient (Wildman–Crippen LogP) is 4.53. The normalized spacial score (nSPS) is 11.8. The van der Waals surface area contributed by atoms with E-state index in [0.29, 0.717) is 11.7 Å². The van der Waals surface area contributed by atoms with E-state index in [1.165, 1.54) is 35.2 Å². The second-order valence-electron chi connectivity index (χ2n) is 5.97. The van der Waals surface area contributed by atoms with Crippen LogP contribution in [0, 0.1) is 12.7 Å². The molecule has 0 fully saturated rings. The largest absolute Gasteiger partial charge is 0.351 e. The van der Waals surface area contributed by atoms with Gasteiger partial charge < -0.3 is 10.6 Å². The highest BCUT2D eigenvalue weighted by atomic mass is 32.2. The van der Waals surface area contributed by atoms with Gasteiger partial charge in [0.1, 0.15) is 5.82 Å². The van der Waals surface area contributed by atoms with Gasteiger partial charge in [-0.25, -0.2) is 4.39 Å². The monoisotopic (exact) mass is 402 g/mol. The van der Waals surface area contributed by atoms with Gasteiger partial charge >= 0.3 is 0 Å². The molecule has 1 amide bonds. The molecular formula is C19H19FN4OS2. The lowest BCUT2D eigenvalue weighted by atomic mass is 10.2. The van der Waals surface area contributed by atoms with Crippen LogP contribution in [-0.2, 0) is 11.3 Å². The van der Waals surface area contributed by atoms with E-state index in [1.54, 1.807) is 12.1 Å². The van der Waals surface area contributed by atoms with Gasteiger partial charge in [-0.15, -0.1) is 10.2 Å². The number of nitrogens with zero attached hydrogens (tertiary/aromatic N) is 2. The first kappa shape index (κ1) is 19.3. The summed E-state index contributed by atoms with van der Waals surface area (Å²) in [5.41, 5.74) is 2.96. The highest BCUT2D eigenvalue weighted by Gasteiger charge is 2.17. The minimum absolute atomic E-state index is 0.104. The first-order valence-electron chi connectivity index (χ1n) is 8.35. The molecule has 0 aliphatic heterocycles. The van der Waals surface area contributed by atoms with Crippen molar-refractivity contribution in [1.29, 1.82) is 0 Å². The highest BCUT2D eigenvalue weighted by molar-refractivity contribution is 8.02. The first-order chi connectivity index (χ1) is 13.0. The van der Waals surface area contributed by atoms with Crippen molar-refractivity contribution in [3.63, 3.8) is 0 Å². The molecule has 0 spiro atoms. The van der Waals surface area contributed by atoms with Crippen LogP contribution in [0.3, 0.4) is 0 Å². The maximum absolute atomic E-state index is 12.9. The predicted molar refractivity (Wildman–Crippen MR) is 108 cm³/mol. The molecule has 0 radical (unpaired) electrons. The molecule has 1 atom stereocenters. The number of carbonyl (C=O) groups excluding carboxylic acids is 1. The summed E-state index contributed by atoms with van der Waals surface area (Å²) in [6.45, 7) is 4.21. The van der Waals surface area contributed by atoms with E-state index in [4.69, 9.17) is 0 Å². The summed E-state index contributed by atoms with van der Waals surface area (Å²) in [6.07, 6.45) is 0. The number of aryl methyl sites for hydroxylation is 1. The molecule has 0 saturated heterocycles. The van der Waals surface area contributed by atoms with Gasteiger partial charge in [0.25, 0.3) is 0 Å². The lowest BCUT2D eigenvalue weighted by Gasteiger charge is -2.10. The summed E-state index contributed by atoms with van der Waals surface area (Å²) in [5, 5.41) is 14.7. The van der Waals surface area contributed by atoms with Crippen molar-refractivity contribution < 1.29 is 9.18 Å². The summed E-state index contributed by atoms with van der Waals surface area (Å²) < 4.78 is 13.6. The average Bonchev–Trinajstić information content (AvgIpc) is 3.07. The van der Waals surface area contributed by atoms with E-state index in [0.717, 1.165) is 21.2 Å². The number of anilines is 2.